The van der Waals surface area contributed by atoms with Gasteiger partial charge in [-0.05, 0) is 6.92 Å². The Morgan fingerprint density at radius 1 is 1.80 bits per heavy atom. The third-order valence-electron chi connectivity index (χ3n) is 0.325. The monoisotopic (exact) mass is 182 g/mol. The number of hydrogen-bond acceptors (Lipinski definition) is 0. The standard InChI is InChI=1S/C4H7I/c1-2-3-4-5/h2-3H,4H2,1H3/b3-2-. The second kappa shape index (κ2) is 4.47. The smallest absolute Gasteiger partial charge is 0.0175 e. The Labute approximate surface area is 46.4 Å². The lowest BCUT2D eigenvalue weighted by Gasteiger charge is -1.63. The highest BCUT2D eigenvalue weighted by Gasteiger charge is 1.54. The van der Waals surface area contributed by atoms with E-state index in [1.54, 1.807) is 0 Å². The molecule has 0 bridgehead atoms. The van der Waals surface area contributed by atoms with Gasteiger partial charge in [0.05, 0.1) is 0 Å². The van der Waals surface area contributed by atoms with Gasteiger partial charge in [0.15, 0.2) is 0 Å². The SMILES string of the molecule is C/C=C\CI. The molecule has 0 heterocycles. The van der Waals surface area contributed by atoms with Crippen LogP contribution in [0.15, 0.2) is 12.2 Å². The zero-order valence-electron chi connectivity index (χ0n) is 3.24. The van der Waals surface area contributed by atoms with Crippen LogP contribution in [0.4, 0.5) is 0 Å². The average molecular weight is 182 g/mol. The Morgan fingerprint density at radius 3 is 2.40 bits per heavy atom. The first kappa shape index (κ1) is 5.47. The zero-order valence-corrected chi connectivity index (χ0v) is 5.40. The van der Waals surface area contributed by atoms with Crippen LogP contribution in [0.1, 0.15) is 6.92 Å². The summed E-state index contributed by atoms with van der Waals surface area (Å²) in [5.41, 5.74) is 0. The summed E-state index contributed by atoms with van der Waals surface area (Å²) in [4.78, 5) is 0. The summed E-state index contributed by atoms with van der Waals surface area (Å²) in [6.07, 6.45) is 4.16. The molecule has 0 radical (unpaired) electrons. The van der Waals surface area contributed by atoms with Crippen LogP contribution in [-0.2, 0) is 0 Å². The quantitative estimate of drug-likeness (QED) is 0.330. The maximum atomic E-state index is 2.30. The molecule has 0 aromatic carbocycles. The zero-order chi connectivity index (χ0) is 4.12. The van der Waals surface area contributed by atoms with Crippen LogP contribution in [0.5, 0.6) is 0 Å². The van der Waals surface area contributed by atoms with E-state index in [2.05, 4.69) is 28.7 Å². The molecule has 0 atom stereocenters. The van der Waals surface area contributed by atoms with Crippen molar-refractivity contribution in [1.82, 2.24) is 0 Å². The highest BCUT2D eigenvalue weighted by molar-refractivity contribution is 14.1. The lowest BCUT2D eigenvalue weighted by atomic mass is 10.6. The third-order valence-corrected chi connectivity index (χ3v) is 0.833. The molecule has 30 valence electrons. The summed E-state index contributed by atoms with van der Waals surface area (Å²) in [5, 5.41) is 0. The second-order valence-corrected chi connectivity index (χ2v) is 1.60. The molecular weight excluding hydrogens is 175 g/mol. The van der Waals surface area contributed by atoms with E-state index in [-0.39, 0.29) is 0 Å². The van der Waals surface area contributed by atoms with Gasteiger partial charge in [-0.1, -0.05) is 34.7 Å². The minimum atomic E-state index is 1.13. The number of hydrogen-bond donors (Lipinski definition) is 0. The molecule has 0 N–H and O–H groups in total. The number of halogens is 1. The van der Waals surface area contributed by atoms with Gasteiger partial charge in [0.1, 0.15) is 0 Å². The first-order valence-electron chi connectivity index (χ1n) is 1.59. The van der Waals surface area contributed by atoms with Crippen molar-refractivity contribution in [2.75, 3.05) is 4.43 Å². The van der Waals surface area contributed by atoms with Crippen molar-refractivity contribution in [1.29, 1.82) is 0 Å². The van der Waals surface area contributed by atoms with Crippen molar-refractivity contribution in [3.8, 4) is 0 Å². The molecule has 0 aromatic heterocycles. The van der Waals surface area contributed by atoms with Gasteiger partial charge in [-0.3, -0.25) is 0 Å². The first-order chi connectivity index (χ1) is 2.41. The highest BCUT2D eigenvalue weighted by Crippen LogP contribution is 1.79. The van der Waals surface area contributed by atoms with E-state index in [1.807, 2.05) is 13.0 Å². The largest absolute Gasteiger partial charge is 0.0909 e. The molecule has 1 heteroatoms. The Morgan fingerprint density at radius 2 is 2.40 bits per heavy atom. The maximum absolute atomic E-state index is 2.30. The minimum Gasteiger partial charge on any atom is -0.0909 e. The summed E-state index contributed by atoms with van der Waals surface area (Å²) < 4.78 is 1.13. The van der Waals surface area contributed by atoms with Crippen molar-refractivity contribution in [3.63, 3.8) is 0 Å². The van der Waals surface area contributed by atoms with Crippen LogP contribution in [0.3, 0.4) is 0 Å². The summed E-state index contributed by atoms with van der Waals surface area (Å²) in [6, 6.07) is 0. The van der Waals surface area contributed by atoms with E-state index in [4.69, 9.17) is 0 Å². The van der Waals surface area contributed by atoms with Crippen molar-refractivity contribution in [3.05, 3.63) is 12.2 Å². The molecule has 0 unspecified atom stereocenters. The van der Waals surface area contributed by atoms with Gasteiger partial charge < -0.3 is 0 Å². The highest BCUT2D eigenvalue weighted by atomic mass is 127. The average Bonchev–Trinajstić information content (AvgIpc) is 1.41. The lowest BCUT2D eigenvalue weighted by molar-refractivity contribution is 1.68. The van der Waals surface area contributed by atoms with E-state index >= 15 is 0 Å². The van der Waals surface area contributed by atoms with Gasteiger partial charge in [-0.2, -0.15) is 0 Å². The second-order valence-electron chi connectivity index (χ2n) is 0.723. The number of rotatable bonds is 1. The van der Waals surface area contributed by atoms with Gasteiger partial charge in [0, 0.05) is 4.43 Å². The predicted molar refractivity (Wildman–Crippen MR) is 33.7 cm³/mol. The third kappa shape index (κ3) is 4.47. The molecule has 0 aromatic rings. The van der Waals surface area contributed by atoms with E-state index in [0.717, 1.165) is 4.43 Å². The van der Waals surface area contributed by atoms with Gasteiger partial charge in [0.2, 0.25) is 0 Å². The van der Waals surface area contributed by atoms with E-state index < -0.39 is 0 Å². The molecule has 0 saturated carbocycles. The summed E-state index contributed by atoms with van der Waals surface area (Å²) in [5.74, 6) is 0. The fourth-order valence-corrected chi connectivity index (χ4v) is 0.598. The molecule has 0 fully saturated rings. The van der Waals surface area contributed by atoms with E-state index in [1.165, 1.54) is 0 Å². The van der Waals surface area contributed by atoms with Crippen LogP contribution in [0.25, 0.3) is 0 Å². The fraction of sp³-hybridized carbons (Fsp3) is 0.500. The van der Waals surface area contributed by atoms with Gasteiger partial charge in [-0.15, -0.1) is 0 Å². The first-order valence-corrected chi connectivity index (χ1v) is 3.11. The van der Waals surface area contributed by atoms with E-state index in [0.29, 0.717) is 0 Å². The van der Waals surface area contributed by atoms with Gasteiger partial charge in [-0.25, -0.2) is 0 Å². The Bertz CT molecular complexity index is 30.6. The number of alkyl halides is 1. The maximum Gasteiger partial charge on any atom is 0.0175 e. The lowest BCUT2D eigenvalue weighted by Crippen LogP contribution is -1.49. The van der Waals surface area contributed by atoms with Gasteiger partial charge in [0.25, 0.3) is 0 Å². The molecule has 0 saturated heterocycles. The molecule has 0 aliphatic heterocycles. The summed E-state index contributed by atoms with van der Waals surface area (Å²) in [7, 11) is 0. The van der Waals surface area contributed by atoms with Crippen molar-refractivity contribution >= 4 is 22.6 Å². The van der Waals surface area contributed by atoms with Crippen LogP contribution < -0.4 is 0 Å². The molecule has 0 nitrogen and oxygen atoms in total. The molecule has 0 spiro atoms. The summed E-state index contributed by atoms with van der Waals surface area (Å²) >= 11 is 2.30. The molecule has 0 aliphatic rings. The van der Waals surface area contributed by atoms with Crippen LogP contribution in [0, 0.1) is 0 Å². The van der Waals surface area contributed by atoms with Crippen LogP contribution >= 0.6 is 22.6 Å². The fourth-order valence-electron chi connectivity index (χ4n) is 0.0891. The van der Waals surface area contributed by atoms with Crippen LogP contribution in [-0.4, -0.2) is 4.43 Å². The van der Waals surface area contributed by atoms with Crippen molar-refractivity contribution < 1.29 is 0 Å². The predicted octanol–water partition coefficient (Wildman–Crippen LogP) is 2.00. The molecule has 5 heavy (non-hydrogen) atoms. The topological polar surface area (TPSA) is 0 Å². The molecular formula is C4H7I. The molecule has 0 amide bonds. The van der Waals surface area contributed by atoms with E-state index in [9.17, 15) is 0 Å². The summed E-state index contributed by atoms with van der Waals surface area (Å²) in [6.45, 7) is 2.03. The van der Waals surface area contributed by atoms with Crippen LogP contribution in [0.2, 0.25) is 0 Å². The normalized spacial score (nSPS) is 10.0. The van der Waals surface area contributed by atoms with Crippen molar-refractivity contribution in [2.24, 2.45) is 0 Å². The Kier molecular flexibility index (Phi) is 4.89. The molecule has 0 aliphatic carbocycles. The van der Waals surface area contributed by atoms with Gasteiger partial charge >= 0.3 is 0 Å². The number of allylic oxidation sites excluding steroid dienone is 2. The minimum absolute atomic E-state index is 1.13. The van der Waals surface area contributed by atoms with Crippen molar-refractivity contribution in [2.45, 2.75) is 6.92 Å². The Balaban J connectivity index is 2.62. The molecule has 0 rings (SSSR count). The Hall–Kier alpha value is 0.470.